The van der Waals surface area contributed by atoms with Crippen molar-refractivity contribution in [3.63, 3.8) is 0 Å². The quantitative estimate of drug-likeness (QED) is 0.671. The highest BCUT2D eigenvalue weighted by Crippen LogP contribution is 2.33. The minimum Gasteiger partial charge on any atom is -0.334 e. The predicted molar refractivity (Wildman–Crippen MR) is 75.0 cm³/mol. The summed E-state index contributed by atoms with van der Waals surface area (Å²) in [5.41, 5.74) is 6.97. The number of likely N-dealkylation sites (tertiary alicyclic amines) is 1. The summed E-state index contributed by atoms with van der Waals surface area (Å²) in [5.74, 6) is 0.402. The second-order valence-corrected chi connectivity index (χ2v) is 5.60. The first-order valence-electron chi connectivity index (χ1n) is 6.69. The average Bonchev–Trinajstić information content (AvgIpc) is 2.64. The van der Waals surface area contributed by atoms with Crippen molar-refractivity contribution >= 4 is 11.6 Å². The number of nitrogens with zero attached hydrogens (tertiary/aromatic N) is 2. The molecule has 6 heteroatoms. The topological polar surface area (TPSA) is 89.5 Å². The maximum Gasteiger partial charge on any atom is 0.269 e. The number of rotatable bonds is 4. The molecule has 1 heterocycles. The lowest BCUT2D eigenvalue weighted by Crippen LogP contribution is -2.35. The van der Waals surface area contributed by atoms with Crippen molar-refractivity contribution in [2.75, 3.05) is 6.54 Å². The van der Waals surface area contributed by atoms with Gasteiger partial charge in [0.25, 0.3) is 5.69 Å². The van der Waals surface area contributed by atoms with Crippen LogP contribution in [0.4, 0.5) is 5.69 Å². The molecule has 1 aromatic rings. The molecule has 1 aromatic carbocycles. The zero-order valence-electron chi connectivity index (χ0n) is 11.7. The lowest BCUT2D eigenvalue weighted by molar-refractivity contribution is -0.384. The van der Waals surface area contributed by atoms with Crippen LogP contribution in [0.1, 0.15) is 31.9 Å². The van der Waals surface area contributed by atoms with E-state index in [2.05, 4.69) is 0 Å². The molecule has 1 saturated heterocycles. The summed E-state index contributed by atoms with van der Waals surface area (Å²) in [6.45, 7) is 4.74. The first kappa shape index (κ1) is 14.5. The SMILES string of the molecule is CC(C)CN1C(=O)CC(N)C1c1ccc([N+](=O)[O-])cc1. The van der Waals surface area contributed by atoms with E-state index >= 15 is 0 Å². The molecule has 1 fully saturated rings. The molecule has 0 spiro atoms. The molecule has 0 aliphatic carbocycles. The first-order valence-corrected chi connectivity index (χ1v) is 6.69. The normalized spacial score (nSPS) is 22.6. The van der Waals surface area contributed by atoms with Gasteiger partial charge in [-0.2, -0.15) is 0 Å². The van der Waals surface area contributed by atoms with Gasteiger partial charge in [0.2, 0.25) is 5.91 Å². The number of nitrogens with two attached hydrogens (primary N) is 1. The van der Waals surface area contributed by atoms with Gasteiger partial charge in [-0.05, 0) is 11.5 Å². The smallest absolute Gasteiger partial charge is 0.269 e. The van der Waals surface area contributed by atoms with E-state index in [1.54, 1.807) is 17.0 Å². The van der Waals surface area contributed by atoms with Crippen LogP contribution in [0.2, 0.25) is 0 Å². The van der Waals surface area contributed by atoms with Crippen molar-refractivity contribution in [2.45, 2.75) is 32.4 Å². The van der Waals surface area contributed by atoms with Gasteiger partial charge in [0, 0.05) is 31.1 Å². The Balaban J connectivity index is 2.28. The van der Waals surface area contributed by atoms with Gasteiger partial charge < -0.3 is 10.6 Å². The van der Waals surface area contributed by atoms with E-state index in [1.807, 2.05) is 13.8 Å². The van der Waals surface area contributed by atoms with Gasteiger partial charge in [-0.1, -0.05) is 26.0 Å². The largest absolute Gasteiger partial charge is 0.334 e. The number of carbonyl (C=O) groups excluding carboxylic acids is 1. The average molecular weight is 277 g/mol. The molecule has 0 saturated carbocycles. The minimum absolute atomic E-state index is 0.0436. The molecule has 0 radical (unpaired) electrons. The zero-order valence-corrected chi connectivity index (χ0v) is 11.7. The van der Waals surface area contributed by atoms with Crippen molar-refractivity contribution in [3.05, 3.63) is 39.9 Å². The van der Waals surface area contributed by atoms with Crippen molar-refractivity contribution < 1.29 is 9.72 Å². The molecule has 1 aliphatic heterocycles. The van der Waals surface area contributed by atoms with Crippen LogP contribution in [-0.2, 0) is 4.79 Å². The Morgan fingerprint density at radius 2 is 2.00 bits per heavy atom. The highest BCUT2D eigenvalue weighted by atomic mass is 16.6. The Bertz CT molecular complexity index is 513. The lowest BCUT2D eigenvalue weighted by atomic mass is 10.00. The fourth-order valence-corrected chi connectivity index (χ4v) is 2.65. The van der Waals surface area contributed by atoms with Crippen LogP contribution in [0.15, 0.2) is 24.3 Å². The summed E-state index contributed by atoms with van der Waals surface area (Å²) >= 11 is 0. The first-order chi connectivity index (χ1) is 9.40. The van der Waals surface area contributed by atoms with Crippen molar-refractivity contribution in [1.29, 1.82) is 0 Å². The van der Waals surface area contributed by atoms with Crippen molar-refractivity contribution in [1.82, 2.24) is 4.90 Å². The minimum atomic E-state index is -0.435. The fourth-order valence-electron chi connectivity index (χ4n) is 2.65. The number of hydrogen-bond donors (Lipinski definition) is 1. The van der Waals surface area contributed by atoms with E-state index in [9.17, 15) is 14.9 Å². The summed E-state index contributed by atoms with van der Waals surface area (Å²) in [6.07, 6.45) is 0.328. The van der Waals surface area contributed by atoms with Crippen LogP contribution < -0.4 is 5.73 Å². The zero-order chi connectivity index (χ0) is 14.9. The van der Waals surface area contributed by atoms with E-state index in [1.165, 1.54) is 12.1 Å². The van der Waals surface area contributed by atoms with Gasteiger partial charge in [-0.25, -0.2) is 0 Å². The predicted octanol–water partition coefficient (Wildman–Crippen LogP) is 1.85. The van der Waals surface area contributed by atoms with E-state index in [4.69, 9.17) is 5.73 Å². The summed E-state index contributed by atoms with van der Waals surface area (Å²) in [7, 11) is 0. The van der Waals surface area contributed by atoms with Gasteiger partial charge >= 0.3 is 0 Å². The Morgan fingerprint density at radius 1 is 1.40 bits per heavy atom. The molecule has 0 aromatic heterocycles. The third kappa shape index (κ3) is 2.80. The molecule has 108 valence electrons. The van der Waals surface area contributed by atoms with Gasteiger partial charge in [0.15, 0.2) is 0 Å². The van der Waals surface area contributed by atoms with E-state index in [0.29, 0.717) is 18.9 Å². The number of nitro benzene ring substituents is 1. The summed E-state index contributed by atoms with van der Waals surface area (Å²) in [4.78, 5) is 24.0. The second-order valence-electron chi connectivity index (χ2n) is 5.60. The van der Waals surface area contributed by atoms with Crippen LogP contribution in [0.3, 0.4) is 0 Å². The number of hydrogen-bond acceptors (Lipinski definition) is 4. The Labute approximate surface area is 117 Å². The van der Waals surface area contributed by atoms with Crippen molar-refractivity contribution in [2.24, 2.45) is 11.7 Å². The van der Waals surface area contributed by atoms with Gasteiger partial charge in [-0.15, -0.1) is 0 Å². The summed E-state index contributed by atoms with van der Waals surface area (Å²) in [5, 5.41) is 10.7. The van der Waals surface area contributed by atoms with Crippen LogP contribution in [0.25, 0.3) is 0 Å². The highest BCUT2D eigenvalue weighted by Gasteiger charge is 2.38. The molecule has 2 atom stereocenters. The number of benzene rings is 1. The third-order valence-electron chi connectivity index (χ3n) is 3.48. The maximum atomic E-state index is 12.0. The van der Waals surface area contributed by atoms with Gasteiger partial charge in [0.1, 0.15) is 0 Å². The molecule has 20 heavy (non-hydrogen) atoms. The summed E-state index contributed by atoms with van der Waals surface area (Å²) < 4.78 is 0. The Kier molecular flexibility index (Phi) is 4.04. The van der Waals surface area contributed by atoms with E-state index in [0.717, 1.165) is 5.56 Å². The lowest BCUT2D eigenvalue weighted by Gasteiger charge is -2.28. The molecule has 6 nitrogen and oxygen atoms in total. The number of non-ortho nitro benzene ring substituents is 1. The monoisotopic (exact) mass is 277 g/mol. The van der Waals surface area contributed by atoms with E-state index in [-0.39, 0.29) is 23.7 Å². The second kappa shape index (κ2) is 5.58. The number of amides is 1. The van der Waals surface area contributed by atoms with Crippen LogP contribution in [-0.4, -0.2) is 28.3 Å². The molecule has 0 bridgehead atoms. The molecule has 2 unspecified atom stereocenters. The fraction of sp³-hybridized carbons (Fsp3) is 0.500. The molecule has 2 N–H and O–H groups in total. The molecular weight excluding hydrogens is 258 g/mol. The molecule has 1 amide bonds. The van der Waals surface area contributed by atoms with Crippen molar-refractivity contribution in [3.8, 4) is 0 Å². The van der Waals surface area contributed by atoms with E-state index < -0.39 is 4.92 Å². The Morgan fingerprint density at radius 3 is 2.50 bits per heavy atom. The van der Waals surface area contributed by atoms with Crippen LogP contribution >= 0.6 is 0 Å². The van der Waals surface area contributed by atoms with Gasteiger partial charge in [-0.3, -0.25) is 14.9 Å². The van der Waals surface area contributed by atoms with Crippen LogP contribution in [0.5, 0.6) is 0 Å². The molecule has 1 aliphatic rings. The number of nitro groups is 1. The summed E-state index contributed by atoms with van der Waals surface area (Å²) in [6, 6.07) is 5.84. The molecule has 2 rings (SSSR count). The maximum absolute atomic E-state index is 12.0. The molecular formula is C14H19N3O3. The van der Waals surface area contributed by atoms with Gasteiger partial charge in [0.05, 0.1) is 11.0 Å². The Hall–Kier alpha value is -1.95. The number of carbonyl (C=O) groups is 1. The highest BCUT2D eigenvalue weighted by molar-refractivity contribution is 5.80. The standard InChI is InChI=1S/C14H19N3O3/c1-9(2)8-16-13(18)7-12(15)14(16)10-3-5-11(6-4-10)17(19)20/h3-6,9,12,14H,7-8,15H2,1-2H3. The third-order valence-corrected chi connectivity index (χ3v) is 3.48. The van der Waals surface area contributed by atoms with Crippen LogP contribution in [0, 0.1) is 16.0 Å².